The zero-order valence-corrected chi connectivity index (χ0v) is 7.00. The van der Waals surface area contributed by atoms with Gasteiger partial charge in [-0.1, -0.05) is 22.4 Å². The van der Waals surface area contributed by atoms with E-state index in [9.17, 15) is 0 Å². The van der Waals surface area contributed by atoms with Gasteiger partial charge in [-0.2, -0.15) is 0 Å². The minimum atomic E-state index is 1.15. The lowest BCUT2D eigenvalue weighted by Gasteiger charge is -1.95. The average molecular weight is 180 g/mol. The number of hydrogen-bond acceptors (Lipinski definition) is 1. The maximum absolute atomic E-state index is 3.38. The Morgan fingerprint density at radius 2 is 2.00 bits per heavy atom. The van der Waals surface area contributed by atoms with Crippen molar-refractivity contribution in [2.24, 2.45) is 0 Å². The summed E-state index contributed by atoms with van der Waals surface area (Å²) in [6, 6.07) is 0. The first-order valence-corrected chi connectivity index (χ1v) is 4.24. The largest absolute Gasteiger partial charge is 0.320 e. The molecule has 0 aliphatic rings. The number of unbranched alkanes of at least 4 members (excludes halogenated alkanes) is 2. The van der Waals surface area contributed by atoms with Crippen molar-refractivity contribution >= 4 is 15.9 Å². The summed E-state index contributed by atoms with van der Waals surface area (Å²) in [4.78, 5) is 0. The van der Waals surface area contributed by atoms with E-state index in [1.54, 1.807) is 0 Å². The molecule has 0 radical (unpaired) electrons. The molecular weight excluding hydrogens is 166 g/mol. The van der Waals surface area contributed by atoms with Gasteiger partial charge in [0.2, 0.25) is 0 Å². The van der Waals surface area contributed by atoms with Gasteiger partial charge < -0.3 is 5.32 Å². The first kappa shape index (κ1) is 8.44. The number of nitrogens with one attached hydrogen (secondary N) is 1. The van der Waals surface area contributed by atoms with Gasteiger partial charge in [0, 0.05) is 5.33 Å². The summed E-state index contributed by atoms with van der Waals surface area (Å²) in [5.41, 5.74) is 0. The van der Waals surface area contributed by atoms with Gasteiger partial charge in [-0.05, 0) is 26.4 Å². The Bertz CT molecular complexity index is 33.5. The van der Waals surface area contributed by atoms with Crippen molar-refractivity contribution in [2.75, 3.05) is 18.9 Å². The van der Waals surface area contributed by atoms with Crippen molar-refractivity contribution in [1.29, 1.82) is 0 Å². The SMILES string of the molecule is CNCCCCCBr. The lowest BCUT2D eigenvalue weighted by molar-refractivity contribution is 0.671. The van der Waals surface area contributed by atoms with Crippen LogP contribution in [0.2, 0.25) is 0 Å². The zero-order valence-electron chi connectivity index (χ0n) is 5.41. The molecule has 0 unspecified atom stereocenters. The molecule has 0 aliphatic carbocycles. The van der Waals surface area contributed by atoms with Crippen LogP contribution in [0, 0.1) is 0 Å². The van der Waals surface area contributed by atoms with Crippen molar-refractivity contribution in [3.8, 4) is 0 Å². The number of alkyl halides is 1. The Labute approximate surface area is 60.0 Å². The Balaban J connectivity index is 2.53. The molecule has 0 rings (SSSR count). The number of rotatable bonds is 5. The lowest BCUT2D eigenvalue weighted by atomic mass is 10.2. The maximum Gasteiger partial charge on any atom is 0.00313 e. The Morgan fingerprint density at radius 1 is 1.25 bits per heavy atom. The first-order valence-electron chi connectivity index (χ1n) is 3.12. The summed E-state index contributed by atoms with van der Waals surface area (Å²) in [5, 5.41) is 4.26. The fraction of sp³-hybridized carbons (Fsp3) is 1.00. The van der Waals surface area contributed by atoms with Gasteiger partial charge in [-0.25, -0.2) is 0 Å². The fourth-order valence-corrected chi connectivity index (χ4v) is 0.970. The molecule has 0 saturated carbocycles. The summed E-state index contributed by atoms with van der Waals surface area (Å²) in [5.74, 6) is 0. The van der Waals surface area contributed by atoms with Crippen molar-refractivity contribution in [2.45, 2.75) is 19.3 Å². The fourth-order valence-electron chi connectivity index (χ4n) is 0.573. The maximum atomic E-state index is 3.38. The molecule has 0 saturated heterocycles. The minimum absolute atomic E-state index is 1.15. The third-order valence-corrected chi connectivity index (χ3v) is 1.62. The Morgan fingerprint density at radius 3 is 2.50 bits per heavy atom. The van der Waals surface area contributed by atoms with Crippen LogP contribution in [0.25, 0.3) is 0 Å². The van der Waals surface area contributed by atoms with E-state index in [2.05, 4.69) is 21.2 Å². The highest BCUT2D eigenvalue weighted by atomic mass is 79.9. The molecule has 0 fully saturated rings. The number of halogens is 1. The van der Waals surface area contributed by atoms with Gasteiger partial charge in [0.05, 0.1) is 0 Å². The quantitative estimate of drug-likeness (QED) is 0.502. The van der Waals surface area contributed by atoms with Gasteiger partial charge in [-0.15, -0.1) is 0 Å². The van der Waals surface area contributed by atoms with Gasteiger partial charge in [0.25, 0.3) is 0 Å². The summed E-state index contributed by atoms with van der Waals surface area (Å²) in [6.45, 7) is 1.16. The van der Waals surface area contributed by atoms with Crippen LogP contribution in [0.1, 0.15) is 19.3 Å². The predicted octanol–water partition coefficient (Wildman–Crippen LogP) is 1.77. The highest BCUT2D eigenvalue weighted by Gasteiger charge is 1.83. The topological polar surface area (TPSA) is 12.0 Å². The monoisotopic (exact) mass is 179 g/mol. The average Bonchev–Trinajstić information content (AvgIpc) is 1.81. The van der Waals surface area contributed by atoms with E-state index < -0.39 is 0 Å². The van der Waals surface area contributed by atoms with Crippen LogP contribution in [0.4, 0.5) is 0 Å². The zero-order chi connectivity index (χ0) is 6.24. The van der Waals surface area contributed by atoms with E-state index in [1.807, 2.05) is 7.05 Å². The molecule has 50 valence electrons. The predicted molar refractivity (Wildman–Crippen MR) is 41.6 cm³/mol. The van der Waals surface area contributed by atoms with Crippen LogP contribution < -0.4 is 5.32 Å². The molecule has 0 aromatic heterocycles. The molecule has 2 heteroatoms. The Hall–Kier alpha value is 0.440. The number of hydrogen-bond donors (Lipinski definition) is 1. The highest BCUT2D eigenvalue weighted by Crippen LogP contribution is 1.96. The van der Waals surface area contributed by atoms with Crippen LogP contribution in [-0.4, -0.2) is 18.9 Å². The molecule has 1 nitrogen and oxygen atoms in total. The molecule has 0 aromatic carbocycles. The lowest BCUT2D eigenvalue weighted by Crippen LogP contribution is -2.06. The second kappa shape index (κ2) is 7.44. The molecule has 8 heavy (non-hydrogen) atoms. The van der Waals surface area contributed by atoms with Gasteiger partial charge in [0.1, 0.15) is 0 Å². The third kappa shape index (κ3) is 6.44. The normalized spacial score (nSPS) is 9.75. The highest BCUT2D eigenvalue weighted by molar-refractivity contribution is 9.09. The van der Waals surface area contributed by atoms with Gasteiger partial charge >= 0.3 is 0 Å². The summed E-state index contributed by atoms with van der Waals surface area (Å²) >= 11 is 3.38. The van der Waals surface area contributed by atoms with Crippen molar-refractivity contribution in [1.82, 2.24) is 5.32 Å². The van der Waals surface area contributed by atoms with Gasteiger partial charge in [-0.3, -0.25) is 0 Å². The molecule has 0 heterocycles. The van der Waals surface area contributed by atoms with Crippen LogP contribution in [0.3, 0.4) is 0 Å². The van der Waals surface area contributed by atoms with Crippen LogP contribution in [-0.2, 0) is 0 Å². The van der Waals surface area contributed by atoms with Crippen LogP contribution in [0.15, 0.2) is 0 Å². The minimum Gasteiger partial charge on any atom is -0.320 e. The molecular formula is C6H14BrN. The molecule has 0 spiro atoms. The van der Waals surface area contributed by atoms with Crippen molar-refractivity contribution in [3.63, 3.8) is 0 Å². The molecule has 0 atom stereocenters. The van der Waals surface area contributed by atoms with E-state index in [4.69, 9.17) is 0 Å². The summed E-state index contributed by atoms with van der Waals surface area (Å²) in [7, 11) is 1.99. The summed E-state index contributed by atoms with van der Waals surface area (Å²) < 4.78 is 0. The standard InChI is InChI=1S/C6H14BrN/c1-8-6-4-2-3-5-7/h8H,2-6H2,1H3. The Kier molecular flexibility index (Phi) is 7.85. The van der Waals surface area contributed by atoms with E-state index in [0.717, 1.165) is 11.9 Å². The van der Waals surface area contributed by atoms with Gasteiger partial charge in [0.15, 0.2) is 0 Å². The van der Waals surface area contributed by atoms with Crippen molar-refractivity contribution < 1.29 is 0 Å². The molecule has 0 aliphatic heterocycles. The van der Waals surface area contributed by atoms with Crippen LogP contribution >= 0.6 is 15.9 Å². The van der Waals surface area contributed by atoms with E-state index in [0.29, 0.717) is 0 Å². The summed E-state index contributed by atoms with van der Waals surface area (Å²) in [6.07, 6.45) is 3.95. The second-order valence-corrected chi connectivity index (χ2v) is 2.65. The van der Waals surface area contributed by atoms with E-state index in [1.165, 1.54) is 19.3 Å². The molecule has 0 bridgehead atoms. The molecule has 0 aromatic rings. The molecule has 1 N–H and O–H groups in total. The molecule has 0 amide bonds. The van der Waals surface area contributed by atoms with Crippen LogP contribution in [0.5, 0.6) is 0 Å². The van der Waals surface area contributed by atoms with Crippen molar-refractivity contribution in [3.05, 3.63) is 0 Å². The smallest absolute Gasteiger partial charge is 0.00313 e. The van der Waals surface area contributed by atoms with E-state index in [-0.39, 0.29) is 0 Å². The third-order valence-electron chi connectivity index (χ3n) is 1.06. The van der Waals surface area contributed by atoms with E-state index >= 15 is 0 Å². The first-order chi connectivity index (χ1) is 3.91. The second-order valence-electron chi connectivity index (χ2n) is 1.85.